The number of methoxy groups -OCH3 is 1. The van der Waals surface area contributed by atoms with Gasteiger partial charge in [0.1, 0.15) is 0 Å². The molecule has 2 atom stereocenters. The molecule has 0 aromatic carbocycles. The van der Waals surface area contributed by atoms with Crippen molar-refractivity contribution in [1.29, 1.82) is 0 Å². The molecule has 1 amide bonds. The molecule has 0 unspecified atom stereocenters. The van der Waals surface area contributed by atoms with Gasteiger partial charge in [-0.15, -0.1) is 12.4 Å². The highest BCUT2D eigenvalue weighted by atomic mass is 35.5. The van der Waals surface area contributed by atoms with Crippen molar-refractivity contribution in [3.63, 3.8) is 0 Å². The normalized spacial score (nSPS) is 22.1. The van der Waals surface area contributed by atoms with E-state index in [2.05, 4.69) is 22.7 Å². The molecule has 7 heteroatoms. The highest BCUT2D eigenvalue weighted by molar-refractivity contribution is 5.91. The van der Waals surface area contributed by atoms with E-state index in [9.17, 15) is 4.79 Å². The van der Waals surface area contributed by atoms with Gasteiger partial charge >= 0.3 is 0 Å². The van der Waals surface area contributed by atoms with E-state index < -0.39 is 0 Å². The molecule has 2 N–H and O–H groups in total. The lowest BCUT2D eigenvalue weighted by molar-refractivity contribution is -0.120. The Morgan fingerprint density at radius 3 is 3.15 bits per heavy atom. The number of aromatic nitrogens is 2. The van der Waals surface area contributed by atoms with E-state index in [1.54, 1.807) is 11.8 Å². The van der Waals surface area contributed by atoms with Gasteiger partial charge in [0.15, 0.2) is 5.82 Å². The minimum atomic E-state index is 0. The van der Waals surface area contributed by atoms with Crippen molar-refractivity contribution in [2.24, 2.45) is 5.92 Å². The number of nitrogens with one attached hydrogen (secondary N) is 2. The van der Waals surface area contributed by atoms with E-state index >= 15 is 0 Å². The van der Waals surface area contributed by atoms with Crippen LogP contribution in [0.3, 0.4) is 0 Å². The summed E-state index contributed by atoms with van der Waals surface area (Å²) in [5, 5.41) is 10.5. The summed E-state index contributed by atoms with van der Waals surface area (Å²) in [7, 11) is 1.66. The second-order valence-electron chi connectivity index (χ2n) is 5.02. The van der Waals surface area contributed by atoms with Crippen molar-refractivity contribution in [1.82, 2.24) is 15.1 Å². The first kappa shape index (κ1) is 16.9. The van der Waals surface area contributed by atoms with E-state index in [0.29, 0.717) is 25.0 Å². The van der Waals surface area contributed by atoms with Crippen molar-refractivity contribution in [3.05, 3.63) is 12.3 Å². The van der Waals surface area contributed by atoms with Gasteiger partial charge in [-0.05, 0) is 26.3 Å². The van der Waals surface area contributed by atoms with Crippen LogP contribution in [0.4, 0.5) is 5.82 Å². The van der Waals surface area contributed by atoms with Gasteiger partial charge in [0.2, 0.25) is 5.91 Å². The third kappa shape index (κ3) is 4.77. The van der Waals surface area contributed by atoms with Crippen LogP contribution in [0.15, 0.2) is 12.3 Å². The number of anilines is 1. The summed E-state index contributed by atoms with van der Waals surface area (Å²) in [6, 6.07) is 2.22. The molecule has 2 heterocycles. The number of piperidine rings is 1. The monoisotopic (exact) mass is 302 g/mol. The van der Waals surface area contributed by atoms with E-state index in [-0.39, 0.29) is 24.2 Å². The molecule has 0 bridgehead atoms. The fourth-order valence-electron chi connectivity index (χ4n) is 2.34. The zero-order valence-electron chi connectivity index (χ0n) is 12.0. The molecule has 1 fully saturated rings. The number of amides is 1. The topological polar surface area (TPSA) is 68.2 Å². The SMILES string of the molecule is COCCn1ccc(NC(=O)[C@H]2CCN[C@@H](C)C2)n1.Cl. The zero-order valence-corrected chi connectivity index (χ0v) is 12.8. The van der Waals surface area contributed by atoms with Gasteiger partial charge < -0.3 is 15.4 Å². The van der Waals surface area contributed by atoms with Crippen LogP contribution in [0.5, 0.6) is 0 Å². The van der Waals surface area contributed by atoms with Crippen molar-refractivity contribution in [2.75, 3.05) is 25.6 Å². The Kier molecular flexibility index (Phi) is 6.98. The standard InChI is InChI=1S/C13H22N4O2.ClH/c1-10-9-11(3-5-14-10)13(18)15-12-4-6-17(16-12)7-8-19-2;/h4,6,10-11,14H,3,5,7-9H2,1-2H3,(H,15,16,18);1H/t10-,11-;/m0./s1. The lowest BCUT2D eigenvalue weighted by Gasteiger charge is -2.26. The lowest BCUT2D eigenvalue weighted by atomic mass is 9.92. The largest absolute Gasteiger partial charge is 0.383 e. The molecule has 1 aromatic heterocycles. The molecular weight excluding hydrogens is 280 g/mol. The van der Waals surface area contributed by atoms with Crippen LogP contribution in [0.1, 0.15) is 19.8 Å². The molecular formula is C13H23ClN4O2. The van der Waals surface area contributed by atoms with Crippen LogP contribution in [0, 0.1) is 5.92 Å². The molecule has 20 heavy (non-hydrogen) atoms. The number of ether oxygens (including phenoxy) is 1. The molecule has 1 saturated heterocycles. The Hall–Kier alpha value is -1.11. The number of hydrogen-bond acceptors (Lipinski definition) is 4. The average molecular weight is 303 g/mol. The van der Waals surface area contributed by atoms with E-state index in [0.717, 1.165) is 19.4 Å². The Morgan fingerprint density at radius 2 is 2.45 bits per heavy atom. The van der Waals surface area contributed by atoms with Gasteiger partial charge in [-0.2, -0.15) is 5.10 Å². The predicted octanol–water partition coefficient (Wildman–Crippen LogP) is 1.28. The fraction of sp³-hybridized carbons (Fsp3) is 0.692. The summed E-state index contributed by atoms with van der Waals surface area (Å²) in [4.78, 5) is 12.1. The Morgan fingerprint density at radius 1 is 1.65 bits per heavy atom. The van der Waals surface area contributed by atoms with E-state index in [1.165, 1.54) is 0 Å². The third-order valence-corrected chi connectivity index (χ3v) is 3.41. The smallest absolute Gasteiger partial charge is 0.228 e. The molecule has 1 aliphatic rings. The highest BCUT2D eigenvalue weighted by Gasteiger charge is 2.24. The minimum absolute atomic E-state index is 0. The molecule has 0 saturated carbocycles. The predicted molar refractivity (Wildman–Crippen MR) is 80.2 cm³/mol. The molecule has 2 rings (SSSR count). The number of carbonyl (C=O) groups excluding carboxylic acids is 1. The molecule has 1 aliphatic heterocycles. The summed E-state index contributed by atoms with van der Waals surface area (Å²) in [5.41, 5.74) is 0. The Bertz CT molecular complexity index is 424. The summed E-state index contributed by atoms with van der Waals surface area (Å²) in [6.07, 6.45) is 3.62. The number of rotatable bonds is 5. The molecule has 0 radical (unpaired) electrons. The first-order chi connectivity index (χ1) is 9.19. The van der Waals surface area contributed by atoms with Gasteiger partial charge in [-0.25, -0.2) is 0 Å². The summed E-state index contributed by atoms with van der Waals surface area (Å²) in [5.74, 6) is 0.776. The molecule has 114 valence electrons. The van der Waals surface area contributed by atoms with E-state index in [1.807, 2.05) is 12.3 Å². The van der Waals surface area contributed by atoms with Crippen molar-refractivity contribution in [2.45, 2.75) is 32.4 Å². The zero-order chi connectivity index (χ0) is 13.7. The van der Waals surface area contributed by atoms with Gasteiger partial charge in [-0.1, -0.05) is 0 Å². The van der Waals surface area contributed by atoms with Crippen molar-refractivity contribution >= 4 is 24.1 Å². The van der Waals surface area contributed by atoms with Crippen molar-refractivity contribution < 1.29 is 9.53 Å². The Labute approximate surface area is 125 Å². The minimum Gasteiger partial charge on any atom is -0.383 e. The van der Waals surface area contributed by atoms with Gasteiger partial charge in [0.05, 0.1) is 13.2 Å². The van der Waals surface area contributed by atoms with Crippen molar-refractivity contribution in [3.8, 4) is 0 Å². The van der Waals surface area contributed by atoms with Crippen LogP contribution in [0.2, 0.25) is 0 Å². The number of nitrogens with zero attached hydrogens (tertiary/aromatic N) is 2. The maximum atomic E-state index is 12.1. The number of halogens is 1. The maximum Gasteiger partial charge on any atom is 0.228 e. The molecule has 0 spiro atoms. The number of hydrogen-bond donors (Lipinski definition) is 2. The Balaban J connectivity index is 0.00000200. The quantitative estimate of drug-likeness (QED) is 0.860. The second kappa shape index (κ2) is 8.24. The second-order valence-corrected chi connectivity index (χ2v) is 5.02. The summed E-state index contributed by atoms with van der Waals surface area (Å²) >= 11 is 0. The van der Waals surface area contributed by atoms with Crippen LogP contribution >= 0.6 is 12.4 Å². The first-order valence-electron chi connectivity index (χ1n) is 6.75. The lowest BCUT2D eigenvalue weighted by Crippen LogP contribution is -2.40. The van der Waals surface area contributed by atoms with Crippen LogP contribution in [0.25, 0.3) is 0 Å². The van der Waals surface area contributed by atoms with E-state index in [4.69, 9.17) is 4.74 Å². The third-order valence-electron chi connectivity index (χ3n) is 3.41. The van der Waals surface area contributed by atoms with Crippen LogP contribution in [-0.2, 0) is 16.1 Å². The summed E-state index contributed by atoms with van der Waals surface area (Å²) in [6.45, 7) is 4.32. The molecule has 0 aliphatic carbocycles. The van der Waals surface area contributed by atoms with Gasteiger partial charge in [0.25, 0.3) is 0 Å². The summed E-state index contributed by atoms with van der Waals surface area (Å²) < 4.78 is 6.76. The molecule has 1 aromatic rings. The van der Waals surface area contributed by atoms with Gasteiger partial charge in [-0.3, -0.25) is 9.48 Å². The first-order valence-corrected chi connectivity index (χ1v) is 6.75. The van der Waals surface area contributed by atoms with Crippen LogP contribution in [-0.4, -0.2) is 42.0 Å². The highest BCUT2D eigenvalue weighted by Crippen LogP contribution is 2.17. The van der Waals surface area contributed by atoms with Gasteiger partial charge in [0, 0.05) is 31.3 Å². The van der Waals surface area contributed by atoms with Crippen LogP contribution < -0.4 is 10.6 Å². The fourth-order valence-corrected chi connectivity index (χ4v) is 2.34. The number of carbonyl (C=O) groups is 1. The maximum absolute atomic E-state index is 12.1. The molecule has 6 nitrogen and oxygen atoms in total. The average Bonchev–Trinajstić information content (AvgIpc) is 2.84.